The molecule has 1 fully saturated rings. The molecule has 1 aliphatic heterocycles. The number of rotatable bonds is 5. The highest BCUT2D eigenvalue weighted by Crippen LogP contribution is 2.20. The van der Waals surface area contributed by atoms with Crippen molar-refractivity contribution in [2.45, 2.75) is 58.9 Å². The largest absolute Gasteiger partial charge is 0.480 e. The van der Waals surface area contributed by atoms with Crippen molar-refractivity contribution in [3.63, 3.8) is 0 Å². The van der Waals surface area contributed by atoms with E-state index >= 15 is 0 Å². The molecule has 0 radical (unpaired) electrons. The molecule has 21 heavy (non-hydrogen) atoms. The number of amides is 1. The van der Waals surface area contributed by atoms with Crippen molar-refractivity contribution in [2.24, 2.45) is 5.92 Å². The molecule has 1 saturated heterocycles. The van der Waals surface area contributed by atoms with Crippen molar-refractivity contribution in [3.05, 3.63) is 0 Å². The molecular formula is C15H28N2O4. The average Bonchev–Trinajstić information content (AvgIpc) is 2.35. The smallest absolute Gasteiger partial charge is 0.326 e. The molecule has 0 aromatic heterocycles. The number of nitrogens with zero attached hydrogens (tertiary/aromatic N) is 2. The molecule has 1 heterocycles. The Morgan fingerprint density at radius 3 is 2.05 bits per heavy atom. The molecule has 0 aromatic rings. The van der Waals surface area contributed by atoms with E-state index in [1.54, 1.807) is 7.05 Å². The van der Waals surface area contributed by atoms with Gasteiger partial charge in [0.15, 0.2) is 0 Å². The first-order valence-electron chi connectivity index (χ1n) is 7.54. The number of carboxylic acids is 1. The van der Waals surface area contributed by atoms with E-state index in [4.69, 9.17) is 9.84 Å². The summed E-state index contributed by atoms with van der Waals surface area (Å²) in [5.41, 5.74) is 0. The molecule has 0 aliphatic carbocycles. The SMILES string of the molecule is CC(C)[C@@H](C(=O)N(C)[C@@H](C)C(=O)O)N1C[C@@H](C)O[C@@H](C)C1. The van der Waals surface area contributed by atoms with Gasteiger partial charge >= 0.3 is 5.97 Å². The number of carboxylic acid groups (broad SMARTS) is 1. The van der Waals surface area contributed by atoms with E-state index in [0.717, 1.165) is 0 Å². The lowest BCUT2D eigenvalue weighted by Gasteiger charge is -2.42. The van der Waals surface area contributed by atoms with Crippen LogP contribution in [0.3, 0.4) is 0 Å². The number of ether oxygens (including phenoxy) is 1. The zero-order chi connectivity index (χ0) is 16.3. The van der Waals surface area contributed by atoms with Crippen molar-refractivity contribution in [1.29, 1.82) is 0 Å². The minimum absolute atomic E-state index is 0.0741. The van der Waals surface area contributed by atoms with Gasteiger partial charge in [0.05, 0.1) is 18.2 Å². The van der Waals surface area contributed by atoms with Gasteiger partial charge < -0.3 is 14.7 Å². The Morgan fingerprint density at radius 1 is 1.19 bits per heavy atom. The maximum atomic E-state index is 12.7. The number of carbonyl (C=O) groups is 2. The van der Waals surface area contributed by atoms with Gasteiger partial charge in [-0.3, -0.25) is 9.69 Å². The second kappa shape index (κ2) is 7.22. The first kappa shape index (κ1) is 17.9. The maximum absolute atomic E-state index is 12.7. The first-order valence-corrected chi connectivity index (χ1v) is 7.54. The van der Waals surface area contributed by atoms with Gasteiger partial charge in [0.1, 0.15) is 6.04 Å². The lowest BCUT2D eigenvalue weighted by molar-refractivity contribution is -0.154. The molecule has 6 heteroatoms. The van der Waals surface area contributed by atoms with Gasteiger partial charge in [-0.05, 0) is 26.7 Å². The highest BCUT2D eigenvalue weighted by atomic mass is 16.5. The summed E-state index contributed by atoms with van der Waals surface area (Å²) < 4.78 is 5.71. The quantitative estimate of drug-likeness (QED) is 0.822. The number of hydrogen-bond donors (Lipinski definition) is 1. The lowest BCUT2D eigenvalue weighted by atomic mass is 9.98. The average molecular weight is 300 g/mol. The fourth-order valence-corrected chi connectivity index (χ4v) is 2.87. The minimum atomic E-state index is -0.989. The van der Waals surface area contributed by atoms with Gasteiger partial charge in [0, 0.05) is 20.1 Å². The van der Waals surface area contributed by atoms with Crippen LogP contribution in [0.15, 0.2) is 0 Å². The van der Waals surface area contributed by atoms with Gasteiger partial charge in [0.2, 0.25) is 5.91 Å². The van der Waals surface area contributed by atoms with E-state index < -0.39 is 12.0 Å². The standard InChI is InChI=1S/C15H28N2O4/c1-9(2)13(14(18)16(6)12(5)15(19)20)17-7-10(3)21-11(4)8-17/h9-13H,7-8H2,1-6H3,(H,19,20)/t10-,11+,12-,13-/m0/s1. The molecule has 0 saturated carbocycles. The van der Waals surface area contributed by atoms with Crippen molar-refractivity contribution in [3.8, 4) is 0 Å². The molecule has 0 unspecified atom stereocenters. The molecule has 0 bridgehead atoms. The van der Waals surface area contributed by atoms with Gasteiger partial charge in [0.25, 0.3) is 0 Å². The van der Waals surface area contributed by atoms with Crippen molar-refractivity contribution in [2.75, 3.05) is 20.1 Å². The van der Waals surface area contributed by atoms with E-state index in [9.17, 15) is 9.59 Å². The van der Waals surface area contributed by atoms with Gasteiger partial charge in [-0.2, -0.15) is 0 Å². The summed E-state index contributed by atoms with van der Waals surface area (Å²) in [6, 6.07) is -1.14. The van der Waals surface area contributed by atoms with Crippen LogP contribution in [0.25, 0.3) is 0 Å². The second-order valence-corrected chi connectivity index (χ2v) is 6.36. The van der Waals surface area contributed by atoms with E-state index in [-0.39, 0.29) is 30.1 Å². The van der Waals surface area contributed by atoms with Crippen molar-refractivity contribution < 1.29 is 19.4 Å². The Balaban J connectivity index is 2.90. The van der Waals surface area contributed by atoms with Crippen LogP contribution in [0, 0.1) is 5.92 Å². The van der Waals surface area contributed by atoms with Crippen LogP contribution in [-0.2, 0) is 14.3 Å². The summed E-state index contributed by atoms with van der Waals surface area (Å²) in [6.07, 6.45) is 0.148. The Labute approximate surface area is 127 Å². The van der Waals surface area contributed by atoms with E-state index in [1.165, 1.54) is 11.8 Å². The fourth-order valence-electron chi connectivity index (χ4n) is 2.87. The summed E-state index contributed by atoms with van der Waals surface area (Å²) >= 11 is 0. The summed E-state index contributed by atoms with van der Waals surface area (Å²) in [6.45, 7) is 10.9. The lowest BCUT2D eigenvalue weighted by Crippen LogP contribution is -2.58. The number of hydrogen-bond acceptors (Lipinski definition) is 4. The van der Waals surface area contributed by atoms with Crippen LogP contribution in [0.1, 0.15) is 34.6 Å². The Morgan fingerprint density at radius 2 is 1.67 bits per heavy atom. The summed E-state index contributed by atoms with van der Waals surface area (Å²) in [5, 5.41) is 9.09. The molecule has 6 nitrogen and oxygen atoms in total. The second-order valence-electron chi connectivity index (χ2n) is 6.36. The molecule has 0 aromatic carbocycles. The summed E-state index contributed by atoms with van der Waals surface area (Å²) in [4.78, 5) is 27.3. The zero-order valence-electron chi connectivity index (χ0n) is 13.9. The maximum Gasteiger partial charge on any atom is 0.326 e. The third-order valence-corrected chi connectivity index (χ3v) is 4.01. The van der Waals surface area contributed by atoms with Crippen LogP contribution >= 0.6 is 0 Å². The number of aliphatic carboxylic acids is 1. The summed E-state index contributed by atoms with van der Waals surface area (Å²) in [5.74, 6) is -1.02. The molecular weight excluding hydrogens is 272 g/mol. The Hall–Kier alpha value is -1.14. The van der Waals surface area contributed by atoms with Crippen LogP contribution in [0.4, 0.5) is 0 Å². The zero-order valence-corrected chi connectivity index (χ0v) is 13.9. The van der Waals surface area contributed by atoms with Gasteiger partial charge in [-0.25, -0.2) is 4.79 Å². The van der Waals surface area contributed by atoms with Crippen LogP contribution in [-0.4, -0.2) is 71.2 Å². The van der Waals surface area contributed by atoms with Crippen LogP contribution in [0.5, 0.6) is 0 Å². The number of morpholine rings is 1. The van der Waals surface area contributed by atoms with E-state index in [0.29, 0.717) is 13.1 Å². The molecule has 1 rings (SSSR count). The van der Waals surface area contributed by atoms with Crippen molar-refractivity contribution >= 4 is 11.9 Å². The summed E-state index contributed by atoms with van der Waals surface area (Å²) in [7, 11) is 1.56. The Kier molecular flexibility index (Phi) is 6.16. The monoisotopic (exact) mass is 300 g/mol. The molecule has 1 N–H and O–H groups in total. The van der Waals surface area contributed by atoms with Gasteiger partial charge in [-0.15, -0.1) is 0 Å². The minimum Gasteiger partial charge on any atom is -0.480 e. The molecule has 122 valence electrons. The van der Waals surface area contributed by atoms with Crippen molar-refractivity contribution in [1.82, 2.24) is 9.80 Å². The number of carbonyl (C=O) groups excluding carboxylic acids is 1. The third-order valence-electron chi connectivity index (χ3n) is 4.01. The van der Waals surface area contributed by atoms with E-state index in [2.05, 4.69) is 4.90 Å². The predicted octanol–water partition coefficient (Wildman–Crippen LogP) is 1.05. The van der Waals surface area contributed by atoms with Crippen LogP contribution in [0.2, 0.25) is 0 Å². The van der Waals surface area contributed by atoms with Gasteiger partial charge in [-0.1, -0.05) is 13.8 Å². The molecule has 1 aliphatic rings. The highest BCUT2D eigenvalue weighted by Gasteiger charge is 2.37. The normalized spacial score (nSPS) is 26.4. The third kappa shape index (κ3) is 4.41. The van der Waals surface area contributed by atoms with Crippen LogP contribution < -0.4 is 0 Å². The predicted molar refractivity (Wildman–Crippen MR) is 80.1 cm³/mol. The molecule has 0 spiro atoms. The highest BCUT2D eigenvalue weighted by molar-refractivity contribution is 5.86. The first-order chi connectivity index (χ1) is 9.65. The molecule has 4 atom stereocenters. The topological polar surface area (TPSA) is 70.1 Å². The van der Waals surface area contributed by atoms with E-state index in [1.807, 2.05) is 27.7 Å². The number of likely N-dealkylation sites (N-methyl/N-ethyl adjacent to an activating group) is 1. The fraction of sp³-hybridized carbons (Fsp3) is 0.867. The molecule has 1 amide bonds. The Bertz CT molecular complexity index is 376.